The van der Waals surface area contributed by atoms with Crippen LogP contribution in [0, 0.1) is 0 Å². The molecule has 0 aromatic rings. The topological polar surface area (TPSA) is 0 Å². The van der Waals surface area contributed by atoms with Crippen LogP contribution in [0.3, 0.4) is 0 Å². The molecule has 0 nitrogen and oxygen atoms in total. The molecule has 0 spiro atoms. The van der Waals surface area contributed by atoms with Crippen molar-refractivity contribution in [2.45, 2.75) is 244 Å². The summed E-state index contributed by atoms with van der Waals surface area (Å²) in [6, 6.07) is 0. The zero-order chi connectivity index (χ0) is 29.7. The van der Waals surface area contributed by atoms with Gasteiger partial charge in [0.05, 0.1) is 0 Å². The summed E-state index contributed by atoms with van der Waals surface area (Å²) in [5, 5.41) is 0. The minimum atomic E-state index is 1.36. The number of unbranched alkanes of at least 4 members (excludes halogenated alkanes) is 19. The van der Waals surface area contributed by atoms with Crippen LogP contribution >= 0.6 is 0 Å². The lowest BCUT2D eigenvalue weighted by Crippen LogP contribution is -1.70. The summed E-state index contributed by atoms with van der Waals surface area (Å²) in [6.45, 7) is 26.8. The highest BCUT2D eigenvalue weighted by Gasteiger charge is 1.80. The largest absolute Gasteiger partial charge is 0.0654 e. The van der Waals surface area contributed by atoms with E-state index < -0.39 is 0 Å². The molecule has 0 saturated heterocycles. The van der Waals surface area contributed by atoms with Gasteiger partial charge in [-0.2, -0.15) is 0 Å². The lowest BCUT2D eigenvalue weighted by molar-refractivity contribution is 0.656. The van der Waals surface area contributed by atoms with Crippen molar-refractivity contribution in [3.05, 3.63) is 0 Å². The van der Waals surface area contributed by atoms with Gasteiger partial charge >= 0.3 is 0 Å². The van der Waals surface area contributed by atoms with Crippen molar-refractivity contribution < 1.29 is 0 Å². The molecule has 0 aromatic heterocycles. The van der Waals surface area contributed by atoms with E-state index in [2.05, 4.69) is 83.1 Å². The Hall–Kier alpha value is 0. The third kappa shape index (κ3) is 115. The Labute approximate surface area is 243 Å². The monoisotopic (exact) mass is 531 g/mol. The Morgan fingerprint density at radius 2 is 0.216 bits per heavy atom. The molecule has 0 unspecified atom stereocenters. The summed E-state index contributed by atoms with van der Waals surface area (Å²) in [7, 11) is 0. The summed E-state index contributed by atoms with van der Waals surface area (Å²) in [4.78, 5) is 0. The van der Waals surface area contributed by atoms with E-state index in [1.807, 2.05) is 0 Å². The van der Waals surface area contributed by atoms with Crippen LogP contribution in [-0.2, 0) is 0 Å². The Kier molecular flexibility index (Phi) is 95.2. The minimum absolute atomic E-state index is 1.36. The molecular weight excluding hydrogens is 444 g/mol. The van der Waals surface area contributed by atoms with Crippen molar-refractivity contribution >= 4 is 0 Å². The summed E-state index contributed by atoms with van der Waals surface area (Å²) in [6.07, 6.45) is 34.7. The maximum absolute atomic E-state index is 2.25. The van der Waals surface area contributed by atoms with E-state index in [9.17, 15) is 0 Å². The Bertz CT molecular complexity index is 162. The third-order valence-corrected chi connectivity index (χ3v) is 5.99. The Morgan fingerprint density at radius 1 is 0.135 bits per heavy atom. The molecule has 0 amide bonds. The van der Waals surface area contributed by atoms with Gasteiger partial charge in [0.15, 0.2) is 0 Å². The second-order valence-electron chi connectivity index (χ2n) is 10.6. The summed E-state index contributed by atoms with van der Waals surface area (Å²) >= 11 is 0. The molecule has 0 aliphatic rings. The molecule has 0 fully saturated rings. The van der Waals surface area contributed by atoms with Crippen LogP contribution in [0.4, 0.5) is 0 Å². The van der Waals surface area contributed by atoms with Crippen molar-refractivity contribution in [1.82, 2.24) is 0 Å². The van der Waals surface area contributed by atoms with Gasteiger partial charge in [0.25, 0.3) is 0 Å². The van der Waals surface area contributed by atoms with E-state index in [0.29, 0.717) is 0 Å². The van der Waals surface area contributed by atoms with Crippen LogP contribution in [0.1, 0.15) is 244 Å². The van der Waals surface area contributed by atoms with E-state index in [0.717, 1.165) is 0 Å². The van der Waals surface area contributed by atoms with Gasteiger partial charge in [-0.05, 0) is 0 Å². The van der Waals surface area contributed by atoms with Crippen LogP contribution in [0.5, 0.6) is 0 Å². The van der Waals surface area contributed by atoms with E-state index in [4.69, 9.17) is 0 Å². The molecule has 234 valence electrons. The van der Waals surface area contributed by atoms with Crippen molar-refractivity contribution in [3.63, 3.8) is 0 Å². The first-order chi connectivity index (χ1) is 18.0. The van der Waals surface area contributed by atoms with Gasteiger partial charge in [-0.25, -0.2) is 0 Å². The summed E-state index contributed by atoms with van der Waals surface area (Å²) in [5.41, 5.74) is 0. The number of hydrogen-bond donors (Lipinski definition) is 0. The molecule has 0 heterocycles. The first kappa shape index (κ1) is 49.9. The van der Waals surface area contributed by atoms with Gasteiger partial charge in [-0.15, -0.1) is 0 Å². The summed E-state index contributed by atoms with van der Waals surface area (Å²) in [5.74, 6) is 0. The molecule has 37 heavy (non-hydrogen) atoms. The van der Waals surface area contributed by atoms with Crippen LogP contribution in [-0.4, -0.2) is 0 Å². The predicted molar refractivity (Wildman–Crippen MR) is 184 cm³/mol. The smallest absolute Gasteiger partial charge is 0.0533 e. The first-order valence-corrected chi connectivity index (χ1v) is 18.0. The number of hydrogen-bond acceptors (Lipinski definition) is 0. The normalized spacial score (nSPS) is 9.08. The quantitative estimate of drug-likeness (QED) is 0.146. The van der Waals surface area contributed by atoms with Gasteiger partial charge in [0, 0.05) is 0 Å². The van der Waals surface area contributed by atoms with Crippen molar-refractivity contribution in [2.24, 2.45) is 0 Å². The fourth-order valence-electron chi connectivity index (χ4n) is 3.18. The molecule has 0 saturated carbocycles. The van der Waals surface area contributed by atoms with E-state index in [1.54, 1.807) is 0 Å². The highest BCUT2D eigenvalue weighted by molar-refractivity contribution is 4.36. The van der Waals surface area contributed by atoms with Crippen LogP contribution in [0.2, 0.25) is 0 Å². The molecule has 0 heteroatoms. The van der Waals surface area contributed by atoms with Gasteiger partial charge in [0.1, 0.15) is 0 Å². The van der Waals surface area contributed by atoms with Crippen molar-refractivity contribution in [2.75, 3.05) is 0 Å². The molecular formula is C37H86. The minimum Gasteiger partial charge on any atom is -0.0654 e. The molecule has 0 aromatic carbocycles. The van der Waals surface area contributed by atoms with E-state index in [-0.39, 0.29) is 0 Å². The zero-order valence-electron chi connectivity index (χ0n) is 29.7. The molecule has 0 N–H and O–H groups in total. The average Bonchev–Trinajstić information content (AvgIpc) is 2.93. The fraction of sp³-hybridized carbons (Fsp3) is 1.00. The maximum Gasteiger partial charge on any atom is -0.0533 e. The lowest BCUT2D eigenvalue weighted by atomic mass is 10.2. The molecule has 0 bridgehead atoms. The lowest BCUT2D eigenvalue weighted by Gasteiger charge is -1.90. The molecule has 0 radical (unpaired) electrons. The van der Waals surface area contributed by atoms with Gasteiger partial charge in [-0.3, -0.25) is 0 Å². The second kappa shape index (κ2) is 70.6. The molecule has 0 aliphatic heterocycles. The predicted octanol–water partition coefficient (Wildman–Crippen LogP) is 15.9. The third-order valence-electron chi connectivity index (χ3n) is 5.99. The summed E-state index contributed by atoms with van der Waals surface area (Å²) < 4.78 is 0. The van der Waals surface area contributed by atoms with Crippen molar-refractivity contribution in [1.29, 1.82) is 0 Å². The van der Waals surface area contributed by atoms with Gasteiger partial charge < -0.3 is 0 Å². The standard InChI is InChI=1S/C7H16.5C6H14/c1-3-5-7-6-4-2;5*1-3-5-6-4-2/h3-7H2,1-2H3;5*3-6H2,1-2H3. The van der Waals surface area contributed by atoms with E-state index >= 15 is 0 Å². The maximum atomic E-state index is 2.25. The van der Waals surface area contributed by atoms with Crippen LogP contribution in [0.25, 0.3) is 0 Å². The molecule has 0 rings (SSSR count). The SMILES string of the molecule is CCCCCC.CCCCCC.CCCCCC.CCCCCC.CCCCCC.CCCCCCC. The fourth-order valence-corrected chi connectivity index (χ4v) is 3.18. The van der Waals surface area contributed by atoms with Gasteiger partial charge in [-0.1, -0.05) is 244 Å². The number of rotatable bonds is 19. The average molecular weight is 531 g/mol. The van der Waals surface area contributed by atoms with Gasteiger partial charge in [0.2, 0.25) is 0 Å². The highest BCUT2D eigenvalue weighted by atomic mass is 13.9. The van der Waals surface area contributed by atoms with Crippen LogP contribution < -0.4 is 0 Å². The van der Waals surface area contributed by atoms with E-state index in [1.165, 1.54) is 161 Å². The van der Waals surface area contributed by atoms with Crippen LogP contribution in [0.15, 0.2) is 0 Å². The molecule has 0 atom stereocenters. The highest BCUT2D eigenvalue weighted by Crippen LogP contribution is 2.00. The Balaban J connectivity index is -0.0000000780. The first-order valence-electron chi connectivity index (χ1n) is 18.0. The molecule has 0 aliphatic carbocycles. The Morgan fingerprint density at radius 3 is 0.297 bits per heavy atom. The zero-order valence-corrected chi connectivity index (χ0v) is 29.7. The van der Waals surface area contributed by atoms with Crippen molar-refractivity contribution in [3.8, 4) is 0 Å². The second-order valence-corrected chi connectivity index (χ2v) is 10.6.